The molecule has 1 unspecified atom stereocenters. The van der Waals surface area contributed by atoms with Gasteiger partial charge in [0.2, 0.25) is 0 Å². The van der Waals surface area contributed by atoms with Crippen molar-refractivity contribution in [1.82, 2.24) is 0 Å². The number of hydrogen-bond acceptors (Lipinski definition) is 2. The Labute approximate surface area is 119 Å². The van der Waals surface area contributed by atoms with Crippen LogP contribution in [0.1, 0.15) is 53.9 Å². The summed E-state index contributed by atoms with van der Waals surface area (Å²) in [5, 5.41) is 0. The van der Waals surface area contributed by atoms with E-state index < -0.39 is 0 Å². The number of carbonyl (C=O) groups is 1. The molecule has 0 aromatic heterocycles. The monoisotopic (exact) mass is 272 g/mol. The molecule has 0 aliphatic rings. The lowest BCUT2D eigenvalue weighted by Crippen LogP contribution is -2.40. The van der Waals surface area contributed by atoms with Gasteiger partial charge in [0.25, 0.3) is 0 Å². The number of nitrogens with zero attached hydrogens (tertiary/aromatic N) is 1. The molecule has 0 saturated heterocycles. The standard InChI is InChI=1S/C16H34NO2/c1-9-16(5,14(2)18)11-13-19-15(3,4)10-12-17(6,7)8/h9-13H2,1-8H3/q+1. The van der Waals surface area contributed by atoms with Gasteiger partial charge in [0.05, 0.1) is 33.3 Å². The summed E-state index contributed by atoms with van der Waals surface area (Å²) in [4.78, 5) is 11.7. The van der Waals surface area contributed by atoms with Crippen LogP contribution in [0.2, 0.25) is 0 Å². The second-order valence-electron chi connectivity index (χ2n) is 7.59. The van der Waals surface area contributed by atoms with E-state index >= 15 is 0 Å². The van der Waals surface area contributed by atoms with E-state index in [-0.39, 0.29) is 16.8 Å². The third-order valence-corrected chi connectivity index (χ3v) is 4.16. The normalized spacial score (nSPS) is 16.2. The molecule has 0 aliphatic heterocycles. The maximum absolute atomic E-state index is 11.7. The minimum Gasteiger partial charge on any atom is -0.375 e. The summed E-state index contributed by atoms with van der Waals surface area (Å²) >= 11 is 0. The van der Waals surface area contributed by atoms with Gasteiger partial charge in [-0.15, -0.1) is 0 Å². The van der Waals surface area contributed by atoms with Crippen LogP contribution in [0.15, 0.2) is 0 Å². The molecule has 1 atom stereocenters. The zero-order chi connectivity index (χ0) is 15.3. The number of quaternary nitrogens is 1. The maximum Gasteiger partial charge on any atom is 0.135 e. The summed E-state index contributed by atoms with van der Waals surface area (Å²) in [6.45, 7) is 11.8. The molecule has 0 bridgehead atoms. The highest BCUT2D eigenvalue weighted by Gasteiger charge is 2.29. The van der Waals surface area contributed by atoms with E-state index in [0.29, 0.717) is 6.61 Å². The highest BCUT2D eigenvalue weighted by Crippen LogP contribution is 2.28. The molecule has 0 heterocycles. The van der Waals surface area contributed by atoms with Crippen LogP contribution >= 0.6 is 0 Å². The van der Waals surface area contributed by atoms with Crippen molar-refractivity contribution < 1.29 is 14.0 Å². The van der Waals surface area contributed by atoms with E-state index in [1.54, 1.807) is 6.92 Å². The smallest absolute Gasteiger partial charge is 0.135 e. The molecule has 19 heavy (non-hydrogen) atoms. The Morgan fingerprint density at radius 2 is 1.63 bits per heavy atom. The van der Waals surface area contributed by atoms with Gasteiger partial charge in [-0.25, -0.2) is 0 Å². The Bertz CT molecular complexity index is 292. The van der Waals surface area contributed by atoms with Gasteiger partial charge in [-0.1, -0.05) is 13.8 Å². The molecule has 0 amide bonds. The topological polar surface area (TPSA) is 26.3 Å². The number of carbonyl (C=O) groups excluding carboxylic acids is 1. The lowest BCUT2D eigenvalue weighted by molar-refractivity contribution is -0.871. The minimum absolute atomic E-state index is 0.114. The van der Waals surface area contributed by atoms with Crippen molar-refractivity contribution >= 4 is 5.78 Å². The fraction of sp³-hybridized carbons (Fsp3) is 0.938. The van der Waals surface area contributed by atoms with Gasteiger partial charge in [-0.2, -0.15) is 0 Å². The predicted molar refractivity (Wildman–Crippen MR) is 81.2 cm³/mol. The van der Waals surface area contributed by atoms with Crippen molar-refractivity contribution in [3.05, 3.63) is 0 Å². The molecule has 0 saturated carbocycles. The molecule has 0 N–H and O–H groups in total. The van der Waals surface area contributed by atoms with Crippen LogP contribution in [0.5, 0.6) is 0 Å². The van der Waals surface area contributed by atoms with Crippen LogP contribution in [0.3, 0.4) is 0 Å². The van der Waals surface area contributed by atoms with Crippen molar-refractivity contribution in [2.75, 3.05) is 34.3 Å². The summed E-state index contributed by atoms with van der Waals surface area (Å²) < 4.78 is 6.96. The van der Waals surface area contributed by atoms with E-state index in [9.17, 15) is 4.79 Å². The number of ketones is 1. The maximum atomic E-state index is 11.7. The summed E-state index contributed by atoms with van der Waals surface area (Å²) in [5.74, 6) is 0.266. The van der Waals surface area contributed by atoms with Gasteiger partial charge in [0, 0.05) is 18.4 Å². The first-order valence-electron chi connectivity index (χ1n) is 7.37. The second-order valence-corrected chi connectivity index (χ2v) is 7.59. The third kappa shape index (κ3) is 7.68. The van der Waals surface area contributed by atoms with E-state index in [0.717, 1.165) is 30.3 Å². The van der Waals surface area contributed by atoms with Crippen molar-refractivity contribution in [3.8, 4) is 0 Å². The first kappa shape index (κ1) is 18.6. The number of Topliss-reactive ketones (excluding diaryl/α,β-unsaturated/α-hetero) is 1. The number of hydrogen-bond donors (Lipinski definition) is 0. The highest BCUT2D eigenvalue weighted by atomic mass is 16.5. The van der Waals surface area contributed by atoms with Crippen LogP contribution in [0, 0.1) is 5.41 Å². The molecule has 0 radical (unpaired) electrons. The quantitative estimate of drug-likeness (QED) is 0.602. The molecule has 0 aliphatic carbocycles. The Hall–Kier alpha value is -0.410. The van der Waals surface area contributed by atoms with Gasteiger partial charge in [-0.05, 0) is 33.6 Å². The van der Waals surface area contributed by atoms with Crippen molar-refractivity contribution in [2.24, 2.45) is 5.41 Å². The minimum atomic E-state index is -0.226. The van der Waals surface area contributed by atoms with Crippen LogP contribution in [0.25, 0.3) is 0 Å². The summed E-state index contributed by atoms with van der Waals surface area (Å²) in [6.07, 6.45) is 2.72. The highest BCUT2D eigenvalue weighted by molar-refractivity contribution is 5.81. The van der Waals surface area contributed by atoms with Gasteiger partial charge < -0.3 is 9.22 Å². The average Bonchev–Trinajstić information content (AvgIpc) is 2.25. The fourth-order valence-corrected chi connectivity index (χ4v) is 1.83. The van der Waals surface area contributed by atoms with Gasteiger partial charge in [0.15, 0.2) is 0 Å². The number of ether oxygens (including phenoxy) is 1. The lowest BCUT2D eigenvalue weighted by Gasteiger charge is -2.32. The molecule has 0 aromatic rings. The van der Waals surface area contributed by atoms with E-state index in [4.69, 9.17) is 4.74 Å². The average molecular weight is 272 g/mol. The first-order valence-corrected chi connectivity index (χ1v) is 7.37. The Morgan fingerprint density at radius 1 is 1.11 bits per heavy atom. The summed E-state index contributed by atoms with van der Waals surface area (Å²) in [5.41, 5.74) is -0.340. The Balaban J connectivity index is 4.21. The van der Waals surface area contributed by atoms with E-state index in [1.807, 2.05) is 6.92 Å². The van der Waals surface area contributed by atoms with Crippen LogP contribution < -0.4 is 0 Å². The molecule has 0 fully saturated rings. The van der Waals surface area contributed by atoms with Gasteiger partial charge in [-0.3, -0.25) is 4.79 Å². The van der Waals surface area contributed by atoms with E-state index in [2.05, 4.69) is 41.9 Å². The first-order chi connectivity index (χ1) is 8.42. The molecule has 0 aromatic carbocycles. The Kier molecular flexibility index (Phi) is 6.70. The molecular formula is C16H34NO2+. The fourth-order valence-electron chi connectivity index (χ4n) is 1.83. The zero-order valence-corrected chi connectivity index (χ0v) is 14.3. The third-order valence-electron chi connectivity index (χ3n) is 4.16. The van der Waals surface area contributed by atoms with Crippen molar-refractivity contribution in [3.63, 3.8) is 0 Å². The van der Waals surface area contributed by atoms with E-state index in [1.165, 1.54) is 0 Å². The SMILES string of the molecule is CCC(C)(CCOC(C)(C)CC[N+](C)(C)C)C(C)=O. The Morgan fingerprint density at radius 3 is 2.00 bits per heavy atom. The summed E-state index contributed by atoms with van der Waals surface area (Å²) in [7, 11) is 6.58. The lowest BCUT2D eigenvalue weighted by atomic mass is 9.81. The molecule has 114 valence electrons. The molecule has 3 nitrogen and oxygen atoms in total. The molecular weight excluding hydrogens is 238 g/mol. The predicted octanol–water partition coefficient (Wildman–Crippen LogP) is 3.27. The van der Waals surface area contributed by atoms with Crippen LogP contribution in [0.4, 0.5) is 0 Å². The number of rotatable bonds is 9. The second kappa shape index (κ2) is 6.85. The molecule has 0 rings (SSSR count). The van der Waals surface area contributed by atoms with Crippen molar-refractivity contribution in [2.45, 2.75) is 59.5 Å². The molecule has 3 heteroatoms. The van der Waals surface area contributed by atoms with Crippen LogP contribution in [-0.4, -0.2) is 50.2 Å². The largest absolute Gasteiger partial charge is 0.375 e. The zero-order valence-electron chi connectivity index (χ0n) is 14.3. The van der Waals surface area contributed by atoms with Gasteiger partial charge >= 0.3 is 0 Å². The molecule has 0 spiro atoms. The summed E-state index contributed by atoms with van der Waals surface area (Å²) in [6, 6.07) is 0. The van der Waals surface area contributed by atoms with Gasteiger partial charge in [0.1, 0.15) is 5.78 Å². The van der Waals surface area contributed by atoms with Crippen LogP contribution in [-0.2, 0) is 9.53 Å². The van der Waals surface area contributed by atoms with Crippen molar-refractivity contribution in [1.29, 1.82) is 0 Å².